The first-order valence-electron chi connectivity index (χ1n) is 9.18. The molecule has 2 amide bonds. The van der Waals surface area contributed by atoms with Gasteiger partial charge in [0, 0.05) is 17.3 Å². The van der Waals surface area contributed by atoms with Crippen molar-refractivity contribution in [1.82, 2.24) is 19.9 Å². The normalized spacial score (nSPS) is 10.7. The molecule has 0 aliphatic rings. The maximum absolute atomic E-state index is 12.4. The minimum atomic E-state index is -0.366. The van der Waals surface area contributed by atoms with E-state index in [9.17, 15) is 9.59 Å². The van der Waals surface area contributed by atoms with Gasteiger partial charge in [0.2, 0.25) is 4.96 Å². The molecule has 0 atom stereocenters. The number of carbonyl (C=O) groups excluding carboxylic acids is 1. The van der Waals surface area contributed by atoms with Crippen LogP contribution in [0.4, 0.5) is 10.5 Å². The van der Waals surface area contributed by atoms with E-state index in [1.165, 1.54) is 21.9 Å². The zero-order valence-corrected chi connectivity index (χ0v) is 17.2. The van der Waals surface area contributed by atoms with Crippen LogP contribution in [0.25, 0.3) is 15.5 Å². The molecule has 0 aliphatic heterocycles. The molecule has 2 heterocycles. The van der Waals surface area contributed by atoms with E-state index in [0.29, 0.717) is 15.7 Å². The van der Waals surface area contributed by atoms with Crippen molar-refractivity contribution in [1.29, 1.82) is 0 Å². The van der Waals surface area contributed by atoms with Crippen molar-refractivity contribution in [3.05, 3.63) is 76.2 Å². The molecular weight excluding hydrogens is 402 g/mol. The van der Waals surface area contributed by atoms with Gasteiger partial charge in [-0.1, -0.05) is 29.5 Å². The number of urea groups is 1. The van der Waals surface area contributed by atoms with Gasteiger partial charge in [0.05, 0.1) is 19.3 Å². The number of ether oxygens (including phenoxy) is 1. The first-order chi connectivity index (χ1) is 14.5. The van der Waals surface area contributed by atoms with Crippen molar-refractivity contribution >= 4 is 28.0 Å². The summed E-state index contributed by atoms with van der Waals surface area (Å²) in [7, 11) is 1.60. The van der Waals surface area contributed by atoms with Crippen molar-refractivity contribution < 1.29 is 9.53 Å². The Bertz CT molecular complexity index is 1260. The summed E-state index contributed by atoms with van der Waals surface area (Å²) in [6.07, 6.45) is 0. The molecule has 2 aromatic carbocycles. The van der Waals surface area contributed by atoms with E-state index in [4.69, 9.17) is 4.74 Å². The van der Waals surface area contributed by atoms with Gasteiger partial charge in [0.15, 0.2) is 0 Å². The van der Waals surface area contributed by atoms with Crippen molar-refractivity contribution in [3.63, 3.8) is 0 Å². The molecule has 0 unspecified atom stereocenters. The highest BCUT2D eigenvalue weighted by molar-refractivity contribution is 7.19. The lowest BCUT2D eigenvalue weighted by Gasteiger charge is -2.09. The van der Waals surface area contributed by atoms with Gasteiger partial charge in [-0.2, -0.15) is 9.61 Å². The number of rotatable bonds is 5. The van der Waals surface area contributed by atoms with E-state index >= 15 is 0 Å². The van der Waals surface area contributed by atoms with Gasteiger partial charge in [-0.3, -0.25) is 4.79 Å². The number of amides is 2. The van der Waals surface area contributed by atoms with Gasteiger partial charge in [0.25, 0.3) is 5.56 Å². The summed E-state index contributed by atoms with van der Waals surface area (Å²) in [4.78, 5) is 29.5. The van der Waals surface area contributed by atoms with E-state index in [1.54, 1.807) is 7.11 Å². The summed E-state index contributed by atoms with van der Waals surface area (Å²) in [5, 5.41) is 10.5. The molecule has 4 rings (SSSR count). The first kappa shape index (κ1) is 19.6. The van der Waals surface area contributed by atoms with Crippen LogP contribution in [-0.4, -0.2) is 27.7 Å². The van der Waals surface area contributed by atoms with E-state index in [-0.39, 0.29) is 18.1 Å². The molecule has 2 aromatic heterocycles. The third-order valence-corrected chi connectivity index (χ3v) is 5.42. The third kappa shape index (κ3) is 4.15. The highest BCUT2D eigenvalue weighted by Gasteiger charge is 2.12. The Morgan fingerprint density at radius 1 is 1.17 bits per heavy atom. The fourth-order valence-corrected chi connectivity index (χ4v) is 3.78. The molecule has 0 spiro atoms. The van der Waals surface area contributed by atoms with Crippen LogP contribution in [0, 0.1) is 6.92 Å². The second-order valence-corrected chi connectivity index (χ2v) is 7.49. The van der Waals surface area contributed by atoms with E-state index in [2.05, 4.69) is 20.7 Å². The lowest BCUT2D eigenvalue weighted by Crippen LogP contribution is -2.29. The number of hydrogen-bond donors (Lipinski definition) is 2. The molecule has 152 valence electrons. The number of aryl methyl sites for hydroxylation is 1. The van der Waals surface area contributed by atoms with Crippen LogP contribution >= 0.6 is 11.3 Å². The number of anilines is 1. The van der Waals surface area contributed by atoms with Crippen LogP contribution in [0.5, 0.6) is 5.75 Å². The standard InChI is InChI=1S/C21H19N5O3S/c1-13-5-3-4-6-17(13)24-20(28)22-12-15-11-18(27)26-21(23-15)30-19(25-26)14-7-9-16(29-2)10-8-14/h3-11H,12H2,1-2H3,(H2,22,24,28). The minimum Gasteiger partial charge on any atom is -0.497 e. The van der Waals surface area contributed by atoms with Crippen molar-refractivity contribution in [3.8, 4) is 16.3 Å². The molecule has 0 aliphatic carbocycles. The predicted molar refractivity (Wildman–Crippen MR) is 116 cm³/mol. The van der Waals surface area contributed by atoms with Crippen molar-refractivity contribution in [2.75, 3.05) is 12.4 Å². The number of aromatic nitrogens is 3. The van der Waals surface area contributed by atoms with Gasteiger partial charge in [-0.05, 0) is 42.8 Å². The van der Waals surface area contributed by atoms with Crippen LogP contribution in [0.3, 0.4) is 0 Å². The number of nitrogens with zero attached hydrogens (tertiary/aromatic N) is 3. The maximum atomic E-state index is 12.4. The van der Waals surface area contributed by atoms with Crippen LogP contribution in [0.2, 0.25) is 0 Å². The third-order valence-electron chi connectivity index (χ3n) is 4.46. The SMILES string of the molecule is COc1ccc(-c2nn3c(=O)cc(CNC(=O)Nc4ccccc4C)nc3s2)cc1. The molecule has 30 heavy (non-hydrogen) atoms. The fourth-order valence-electron chi connectivity index (χ4n) is 2.85. The summed E-state index contributed by atoms with van der Waals surface area (Å²) in [5.41, 5.74) is 2.71. The maximum Gasteiger partial charge on any atom is 0.319 e. The van der Waals surface area contributed by atoms with Crippen molar-refractivity contribution in [2.24, 2.45) is 0 Å². The van der Waals surface area contributed by atoms with E-state index in [0.717, 1.165) is 22.6 Å². The topological polar surface area (TPSA) is 97.6 Å². The number of benzene rings is 2. The quantitative estimate of drug-likeness (QED) is 0.514. The average Bonchev–Trinajstić information content (AvgIpc) is 3.19. The van der Waals surface area contributed by atoms with Gasteiger partial charge in [-0.25, -0.2) is 9.78 Å². The van der Waals surface area contributed by atoms with Gasteiger partial charge >= 0.3 is 6.03 Å². The summed E-state index contributed by atoms with van der Waals surface area (Å²) in [6.45, 7) is 2.04. The molecule has 9 heteroatoms. The van der Waals surface area contributed by atoms with Crippen LogP contribution in [0.1, 0.15) is 11.3 Å². The predicted octanol–water partition coefficient (Wildman–Crippen LogP) is 3.46. The summed E-state index contributed by atoms with van der Waals surface area (Å²) >= 11 is 1.30. The molecule has 0 saturated carbocycles. The first-order valence-corrected chi connectivity index (χ1v) is 10.00. The Labute approximate surface area is 176 Å². The Morgan fingerprint density at radius 3 is 2.67 bits per heavy atom. The zero-order valence-electron chi connectivity index (χ0n) is 16.4. The number of para-hydroxylation sites is 1. The zero-order chi connectivity index (χ0) is 21.1. The van der Waals surface area contributed by atoms with Gasteiger partial charge in [0.1, 0.15) is 10.8 Å². The molecule has 0 fully saturated rings. The summed E-state index contributed by atoms with van der Waals surface area (Å²) in [6, 6.07) is 15.9. The van der Waals surface area contributed by atoms with Gasteiger partial charge < -0.3 is 15.4 Å². The Morgan fingerprint density at radius 2 is 1.93 bits per heavy atom. The molecule has 8 nitrogen and oxygen atoms in total. The Balaban J connectivity index is 1.50. The molecule has 0 saturated heterocycles. The van der Waals surface area contributed by atoms with Gasteiger partial charge in [-0.15, -0.1) is 0 Å². The Kier molecular flexibility index (Phi) is 5.44. The summed E-state index contributed by atoms with van der Waals surface area (Å²) in [5.74, 6) is 0.743. The van der Waals surface area contributed by atoms with Crippen molar-refractivity contribution in [2.45, 2.75) is 13.5 Å². The van der Waals surface area contributed by atoms with Crippen LogP contribution < -0.4 is 20.9 Å². The fraction of sp³-hybridized carbons (Fsp3) is 0.143. The highest BCUT2D eigenvalue weighted by Crippen LogP contribution is 2.26. The average molecular weight is 421 g/mol. The molecule has 0 bridgehead atoms. The monoisotopic (exact) mass is 421 g/mol. The number of hydrogen-bond acceptors (Lipinski definition) is 6. The second kappa shape index (κ2) is 8.34. The van der Waals surface area contributed by atoms with Crippen LogP contribution in [0.15, 0.2) is 59.4 Å². The van der Waals surface area contributed by atoms with Crippen LogP contribution in [-0.2, 0) is 6.54 Å². The molecular formula is C21H19N5O3S. The number of nitrogens with one attached hydrogen (secondary N) is 2. The number of carbonyl (C=O) groups is 1. The Hall–Kier alpha value is -3.72. The lowest BCUT2D eigenvalue weighted by atomic mass is 10.2. The molecule has 0 radical (unpaired) electrons. The largest absolute Gasteiger partial charge is 0.497 e. The lowest BCUT2D eigenvalue weighted by molar-refractivity contribution is 0.251. The molecule has 2 N–H and O–H groups in total. The second-order valence-electron chi connectivity index (χ2n) is 6.54. The number of methoxy groups -OCH3 is 1. The highest BCUT2D eigenvalue weighted by atomic mass is 32.1. The number of fused-ring (bicyclic) bond motifs is 1. The molecule has 4 aromatic rings. The van der Waals surface area contributed by atoms with E-state index < -0.39 is 0 Å². The van der Waals surface area contributed by atoms with E-state index in [1.807, 2.05) is 55.5 Å². The summed E-state index contributed by atoms with van der Waals surface area (Å²) < 4.78 is 6.43. The minimum absolute atomic E-state index is 0.124. The smallest absolute Gasteiger partial charge is 0.319 e.